The summed E-state index contributed by atoms with van der Waals surface area (Å²) in [5, 5.41) is 16.5. The molecule has 2 heterocycles. The molecule has 0 bridgehead atoms. The van der Waals surface area contributed by atoms with Crippen molar-refractivity contribution in [2.75, 3.05) is 5.01 Å². The largest absolute Gasteiger partial charge is 0.477 e. The number of halogens is 3. The van der Waals surface area contributed by atoms with E-state index in [9.17, 15) is 9.90 Å². The predicted molar refractivity (Wildman–Crippen MR) is 96.9 cm³/mol. The quantitative estimate of drug-likeness (QED) is 0.800. The van der Waals surface area contributed by atoms with E-state index in [1.54, 1.807) is 23.2 Å². The SMILES string of the molecule is C[C@H]1C(C(=O)O)=NN(c2ccc(Cl)cc2Cl)[C@@H]1C1CC=C(Cl)S1. The van der Waals surface area contributed by atoms with Crippen molar-refractivity contribution >= 4 is 63.9 Å². The summed E-state index contributed by atoms with van der Waals surface area (Å²) in [5.74, 6) is -1.26. The van der Waals surface area contributed by atoms with Crippen LogP contribution in [-0.4, -0.2) is 28.1 Å². The maximum Gasteiger partial charge on any atom is 0.352 e. The number of rotatable bonds is 3. The molecule has 0 radical (unpaired) electrons. The van der Waals surface area contributed by atoms with Gasteiger partial charge in [-0.1, -0.05) is 47.8 Å². The monoisotopic (exact) mass is 390 g/mol. The van der Waals surface area contributed by atoms with Gasteiger partial charge in [-0.15, -0.1) is 11.8 Å². The Labute approximate surface area is 153 Å². The molecule has 2 aliphatic heterocycles. The number of carboxylic acid groups (broad SMARTS) is 1. The molecule has 1 unspecified atom stereocenters. The molecule has 0 saturated heterocycles. The number of hydrazone groups is 1. The van der Waals surface area contributed by atoms with Crippen LogP contribution in [0.4, 0.5) is 5.69 Å². The van der Waals surface area contributed by atoms with Crippen LogP contribution in [0.2, 0.25) is 10.0 Å². The van der Waals surface area contributed by atoms with Crippen molar-refractivity contribution in [3.63, 3.8) is 0 Å². The third-order valence-corrected chi connectivity index (χ3v) is 6.10. The number of carbonyl (C=O) groups is 1. The number of hydrogen-bond donors (Lipinski definition) is 1. The van der Waals surface area contributed by atoms with E-state index in [1.165, 1.54) is 11.8 Å². The average molecular weight is 392 g/mol. The minimum atomic E-state index is -1.02. The number of carboxylic acids is 1. The van der Waals surface area contributed by atoms with Gasteiger partial charge >= 0.3 is 5.97 Å². The third kappa shape index (κ3) is 3.20. The highest BCUT2D eigenvalue weighted by molar-refractivity contribution is 8.05. The summed E-state index contributed by atoms with van der Waals surface area (Å²) in [7, 11) is 0. The highest BCUT2D eigenvalue weighted by Gasteiger charge is 2.44. The molecule has 0 fully saturated rings. The molecule has 4 nitrogen and oxygen atoms in total. The van der Waals surface area contributed by atoms with Gasteiger partial charge in [0.25, 0.3) is 0 Å². The molecule has 1 aromatic carbocycles. The zero-order valence-corrected chi connectivity index (χ0v) is 15.1. The predicted octanol–water partition coefficient (Wildman–Crippen LogP) is 4.84. The standard InChI is InChI=1S/C15H13Cl3N2O2S/c1-7-13(15(21)22)19-20(10-3-2-8(16)6-9(10)17)14(7)11-4-5-12(18)23-11/h2-3,5-7,11,14H,4H2,1H3,(H,21,22)/t7-,11?,14-/m0/s1. The summed E-state index contributed by atoms with van der Waals surface area (Å²) >= 11 is 19.9. The summed E-state index contributed by atoms with van der Waals surface area (Å²) in [6.45, 7) is 1.87. The van der Waals surface area contributed by atoms with Gasteiger partial charge in [0, 0.05) is 16.2 Å². The van der Waals surface area contributed by atoms with Crippen LogP contribution in [-0.2, 0) is 4.79 Å². The molecule has 3 rings (SSSR count). The maximum atomic E-state index is 11.5. The van der Waals surface area contributed by atoms with Crippen LogP contribution >= 0.6 is 46.6 Å². The molecule has 0 aliphatic carbocycles. The van der Waals surface area contributed by atoms with Crippen LogP contribution < -0.4 is 5.01 Å². The summed E-state index contributed by atoms with van der Waals surface area (Å²) < 4.78 is 0.730. The molecule has 122 valence electrons. The van der Waals surface area contributed by atoms with Gasteiger partial charge in [0.05, 0.1) is 21.1 Å². The first-order valence-electron chi connectivity index (χ1n) is 6.97. The second-order valence-electron chi connectivity index (χ2n) is 5.41. The Morgan fingerprint density at radius 1 is 1.39 bits per heavy atom. The molecule has 0 spiro atoms. The Hall–Kier alpha value is -0.880. The number of allylic oxidation sites excluding steroid dienone is 1. The van der Waals surface area contributed by atoms with E-state index in [0.29, 0.717) is 15.7 Å². The van der Waals surface area contributed by atoms with Gasteiger partial charge in [-0.25, -0.2) is 4.79 Å². The Morgan fingerprint density at radius 2 is 2.13 bits per heavy atom. The minimum absolute atomic E-state index is 0.116. The van der Waals surface area contributed by atoms with Gasteiger partial charge in [-0.3, -0.25) is 5.01 Å². The summed E-state index contributed by atoms with van der Waals surface area (Å²) in [6.07, 6.45) is 2.71. The normalized spacial score (nSPS) is 27.1. The van der Waals surface area contributed by atoms with Crippen LogP contribution in [0, 0.1) is 5.92 Å². The zero-order valence-electron chi connectivity index (χ0n) is 12.0. The maximum absolute atomic E-state index is 11.5. The van der Waals surface area contributed by atoms with E-state index in [2.05, 4.69) is 5.10 Å². The molecule has 0 saturated carbocycles. The van der Waals surface area contributed by atoms with Gasteiger partial charge in [-0.2, -0.15) is 5.10 Å². The number of thioether (sulfide) groups is 1. The van der Waals surface area contributed by atoms with Crippen LogP contribution in [0.5, 0.6) is 0 Å². The van der Waals surface area contributed by atoms with E-state index in [1.807, 2.05) is 13.0 Å². The summed E-state index contributed by atoms with van der Waals surface area (Å²) in [4.78, 5) is 11.5. The lowest BCUT2D eigenvalue weighted by atomic mass is 9.93. The molecule has 0 aromatic heterocycles. The van der Waals surface area contributed by atoms with Crippen LogP contribution in [0.15, 0.2) is 33.7 Å². The number of aliphatic carboxylic acids is 1. The molecule has 1 aromatic rings. The Morgan fingerprint density at radius 3 is 2.70 bits per heavy atom. The third-order valence-electron chi connectivity index (χ3n) is 3.97. The fraction of sp³-hybridized carbons (Fsp3) is 0.333. The highest BCUT2D eigenvalue weighted by atomic mass is 35.5. The minimum Gasteiger partial charge on any atom is -0.477 e. The van der Waals surface area contributed by atoms with Crippen molar-refractivity contribution in [1.29, 1.82) is 0 Å². The van der Waals surface area contributed by atoms with Gasteiger partial charge in [0.2, 0.25) is 0 Å². The van der Waals surface area contributed by atoms with Crippen LogP contribution in [0.25, 0.3) is 0 Å². The van der Waals surface area contributed by atoms with Crippen molar-refractivity contribution in [3.05, 3.63) is 38.7 Å². The van der Waals surface area contributed by atoms with Crippen molar-refractivity contribution < 1.29 is 9.90 Å². The fourth-order valence-electron chi connectivity index (χ4n) is 2.90. The summed E-state index contributed by atoms with van der Waals surface area (Å²) in [5.41, 5.74) is 0.775. The van der Waals surface area contributed by atoms with Crippen molar-refractivity contribution in [1.82, 2.24) is 0 Å². The van der Waals surface area contributed by atoms with Gasteiger partial charge in [0.1, 0.15) is 0 Å². The number of anilines is 1. The topological polar surface area (TPSA) is 52.9 Å². The summed E-state index contributed by atoms with van der Waals surface area (Å²) in [6, 6.07) is 4.96. The smallest absolute Gasteiger partial charge is 0.352 e. The second kappa shape index (κ2) is 6.55. The van der Waals surface area contributed by atoms with E-state index >= 15 is 0 Å². The van der Waals surface area contributed by atoms with E-state index in [4.69, 9.17) is 34.8 Å². The lowest BCUT2D eigenvalue weighted by molar-refractivity contribution is -0.129. The molecule has 2 aliphatic rings. The van der Waals surface area contributed by atoms with Gasteiger partial charge < -0.3 is 5.11 Å². The lowest BCUT2D eigenvalue weighted by Gasteiger charge is -2.31. The Kier molecular flexibility index (Phi) is 4.83. The fourth-order valence-corrected chi connectivity index (χ4v) is 5.00. The lowest BCUT2D eigenvalue weighted by Crippen LogP contribution is -2.40. The van der Waals surface area contributed by atoms with E-state index in [0.717, 1.165) is 10.8 Å². The first-order valence-corrected chi connectivity index (χ1v) is 8.98. The van der Waals surface area contributed by atoms with Crippen LogP contribution in [0.1, 0.15) is 13.3 Å². The molecule has 3 atom stereocenters. The average Bonchev–Trinajstić information content (AvgIpc) is 3.02. The second-order valence-corrected chi connectivity index (χ2v) is 8.17. The Balaban J connectivity index is 2.01. The number of benzene rings is 1. The van der Waals surface area contributed by atoms with Crippen molar-refractivity contribution in [2.24, 2.45) is 11.0 Å². The van der Waals surface area contributed by atoms with Crippen LogP contribution in [0.3, 0.4) is 0 Å². The molecule has 23 heavy (non-hydrogen) atoms. The first-order chi connectivity index (χ1) is 10.9. The molecule has 0 amide bonds. The molecular formula is C15H13Cl3N2O2S. The number of hydrogen-bond acceptors (Lipinski definition) is 4. The highest BCUT2D eigenvalue weighted by Crippen LogP contribution is 2.44. The Bertz CT molecular complexity index is 723. The first kappa shape index (κ1) is 17.0. The van der Waals surface area contributed by atoms with Crippen molar-refractivity contribution in [2.45, 2.75) is 24.6 Å². The molecule has 8 heteroatoms. The van der Waals surface area contributed by atoms with Gasteiger partial charge in [0.15, 0.2) is 5.71 Å². The van der Waals surface area contributed by atoms with E-state index in [-0.39, 0.29) is 22.9 Å². The molecule has 1 N–H and O–H groups in total. The van der Waals surface area contributed by atoms with Crippen molar-refractivity contribution in [3.8, 4) is 0 Å². The zero-order chi connectivity index (χ0) is 16.7. The number of nitrogens with zero attached hydrogens (tertiary/aromatic N) is 2. The van der Waals surface area contributed by atoms with E-state index < -0.39 is 5.97 Å². The molecular weight excluding hydrogens is 379 g/mol. The van der Waals surface area contributed by atoms with Gasteiger partial charge in [-0.05, 0) is 24.6 Å².